The van der Waals surface area contributed by atoms with E-state index in [2.05, 4.69) is 64.3 Å². The highest BCUT2D eigenvalue weighted by Crippen LogP contribution is 2.39. The topological polar surface area (TPSA) is 87.7 Å². The lowest BCUT2D eigenvalue weighted by Crippen LogP contribution is -2.33. The maximum Gasteiger partial charge on any atom is 0.265 e. The zero-order valence-corrected chi connectivity index (χ0v) is 22.6. The number of aromatic hydroxyl groups is 1. The van der Waals surface area contributed by atoms with Crippen LogP contribution in [0, 0.1) is 0 Å². The van der Waals surface area contributed by atoms with Gasteiger partial charge in [0.25, 0.3) is 5.91 Å². The number of halogens is 1. The Bertz CT molecular complexity index is 1070. The van der Waals surface area contributed by atoms with Gasteiger partial charge in [-0.25, -0.2) is 0 Å². The smallest absolute Gasteiger partial charge is 0.265 e. The summed E-state index contributed by atoms with van der Waals surface area (Å²) in [4.78, 5) is 24.9. The highest BCUT2D eigenvalue weighted by atomic mass is 19.1. The van der Waals surface area contributed by atoms with E-state index in [9.17, 15) is 19.1 Å². The van der Waals surface area contributed by atoms with Crippen LogP contribution >= 0.6 is 0 Å². The third-order valence-corrected chi connectivity index (χ3v) is 6.98. The molecule has 7 heteroatoms. The van der Waals surface area contributed by atoms with Crippen molar-refractivity contribution in [2.75, 3.05) is 17.3 Å². The maximum absolute atomic E-state index is 13.1. The van der Waals surface area contributed by atoms with Gasteiger partial charge in [0, 0.05) is 29.1 Å². The number of rotatable bonds is 12. The summed E-state index contributed by atoms with van der Waals surface area (Å²) < 4.78 is 18.7. The molecule has 0 aliphatic carbocycles. The van der Waals surface area contributed by atoms with Crippen LogP contribution in [0.5, 0.6) is 11.5 Å². The minimum Gasteiger partial charge on any atom is -0.508 e. The van der Waals surface area contributed by atoms with E-state index in [4.69, 9.17) is 4.74 Å². The molecule has 0 heterocycles. The number of hydrogen-bond donors (Lipinski definition) is 3. The highest BCUT2D eigenvalue weighted by Gasteiger charge is 2.29. The van der Waals surface area contributed by atoms with Crippen LogP contribution in [0.15, 0.2) is 36.4 Å². The summed E-state index contributed by atoms with van der Waals surface area (Å²) in [7, 11) is 0. The summed E-state index contributed by atoms with van der Waals surface area (Å²) in [6.45, 7) is 14.2. The number of hydrogen-bond acceptors (Lipinski definition) is 4. The maximum atomic E-state index is 13.1. The molecule has 1 unspecified atom stereocenters. The fraction of sp³-hybridized carbons (Fsp3) is 0.517. The van der Waals surface area contributed by atoms with Gasteiger partial charge < -0.3 is 20.5 Å². The van der Waals surface area contributed by atoms with E-state index < -0.39 is 18.7 Å². The number of nitrogens with one attached hydrogen (secondary N) is 2. The molecule has 36 heavy (non-hydrogen) atoms. The van der Waals surface area contributed by atoms with Gasteiger partial charge in [0.15, 0.2) is 6.10 Å². The second kappa shape index (κ2) is 12.2. The van der Waals surface area contributed by atoms with Crippen molar-refractivity contribution in [3.8, 4) is 11.5 Å². The van der Waals surface area contributed by atoms with Gasteiger partial charge >= 0.3 is 0 Å². The van der Waals surface area contributed by atoms with Crippen LogP contribution in [-0.2, 0) is 20.4 Å². The molecule has 0 radical (unpaired) electrons. The number of benzene rings is 2. The summed E-state index contributed by atoms with van der Waals surface area (Å²) in [6.07, 6.45) is 1.28. The third-order valence-electron chi connectivity index (χ3n) is 6.98. The zero-order chi connectivity index (χ0) is 27.1. The molecule has 6 nitrogen and oxygen atoms in total. The van der Waals surface area contributed by atoms with E-state index in [0.717, 1.165) is 18.4 Å². The molecule has 2 amide bonds. The molecule has 2 aromatic rings. The van der Waals surface area contributed by atoms with Gasteiger partial charge in [0.1, 0.15) is 11.5 Å². The first-order valence-electron chi connectivity index (χ1n) is 12.7. The fourth-order valence-electron chi connectivity index (χ4n) is 3.74. The van der Waals surface area contributed by atoms with Gasteiger partial charge in [-0.15, -0.1) is 0 Å². The number of carbonyl (C=O) groups is 2. The molecule has 0 bridgehead atoms. The second-order valence-corrected chi connectivity index (χ2v) is 10.4. The van der Waals surface area contributed by atoms with Crippen LogP contribution in [-0.4, -0.2) is 29.7 Å². The molecule has 0 aromatic heterocycles. The lowest BCUT2D eigenvalue weighted by molar-refractivity contribution is -0.123. The van der Waals surface area contributed by atoms with Crippen LogP contribution in [0.4, 0.5) is 15.8 Å². The molecular weight excluding hydrogens is 459 g/mol. The van der Waals surface area contributed by atoms with Crippen LogP contribution < -0.4 is 15.4 Å². The van der Waals surface area contributed by atoms with Crippen LogP contribution in [0.25, 0.3) is 0 Å². The number of anilines is 2. The third kappa shape index (κ3) is 7.45. The molecule has 0 aliphatic heterocycles. The van der Waals surface area contributed by atoms with Crippen molar-refractivity contribution in [2.24, 2.45) is 0 Å². The Morgan fingerprint density at radius 3 is 2.11 bits per heavy atom. The Morgan fingerprint density at radius 2 is 1.56 bits per heavy atom. The summed E-state index contributed by atoms with van der Waals surface area (Å²) in [6, 6.07) is 10.5. The van der Waals surface area contributed by atoms with Gasteiger partial charge in [-0.2, -0.15) is 0 Å². The lowest BCUT2D eigenvalue weighted by Gasteiger charge is -2.31. The zero-order valence-electron chi connectivity index (χ0n) is 22.6. The SMILES string of the molecule is CCC(Oc1ccc(C(C)(C)CC)cc1C(C)(C)CC)C(=O)Nc1cc(O)cc(NC(=O)CCF)c1. The normalized spacial score (nSPS) is 12.7. The first-order chi connectivity index (χ1) is 16.9. The minimum atomic E-state index is -0.780. The van der Waals surface area contributed by atoms with E-state index in [1.807, 2.05) is 13.0 Å². The molecule has 1 atom stereocenters. The Hall–Kier alpha value is -3.09. The van der Waals surface area contributed by atoms with E-state index in [0.29, 0.717) is 17.9 Å². The molecule has 3 N–H and O–H groups in total. The number of phenols is 1. The standard InChI is InChI=1S/C29H41FN2O4/c1-8-24(27(35)32-21-16-20(17-22(33)18-21)31-26(34)13-14-30)36-25-12-11-19(28(4,5)9-2)15-23(25)29(6,7)10-3/h11-12,15-18,24,33H,8-10,13-14H2,1-7H3,(H,31,34)(H,32,35). The van der Waals surface area contributed by atoms with Crippen LogP contribution in [0.2, 0.25) is 0 Å². The molecule has 0 saturated heterocycles. The van der Waals surface area contributed by atoms with Crippen molar-refractivity contribution in [1.29, 1.82) is 0 Å². The Balaban J connectivity index is 2.31. The number of amides is 2. The van der Waals surface area contributed by atoms with Crippen molar-refractivity contribution in [3.63, 3.8) is 0 Å². The summed E-state index contributed by atoms with van der Waals surface area (Å²) >= 11 is 0. The quantitative estimate of drug-likeness (QED) is 0.297. The predicted molar refractivity (Wildman–Crippen MR) is 144 cm³/mol. The van der Waals surface area contributed by atoms with Crippen LogP contribution in [0.1, 0.15) is 85.3 Å². The Kier molecular flexibility index (Phi) is 9.91. The molecule has 0 saturated carbocycles. The monoisotopic (exact) mass is 500 g/mol. The molecule has 0 aliphatic rings. The summed E-state index contributed by atoms with van der Waals surface area (Å²) in [5.74, 6) is -0.355. The van der Waals surface area contributed by atoms with E-state index in [1.54, 1.807) is 0 Å². The minimum absolute atomic E-state index is 0.0191. The van der Waals surface area contributed by atoms with Crippen molar-refractivity contribution in [3.05, 3.63) is 47.5 Å². The Labute approximate surface area is 214 Å². The number of alkyl halides is 1. The van der Waals surface area contributed by atoms with Crippen molar-refractivity contribution in [1.82, 2.24) is 0 Å². The van der Waals surface area contributed by atoms with Crippen molar-refractivity contribution >= 4 is 23.2 Å². The summed E-state index contributed by atoms with van der Waals surface area (Å²) in [5.41, 5.74) is 2.72. The van der Waals surface area contributed by atoms with Gasteiger partial charge in [0.05, 0.1) is 13.1 Å². The predicted octanol–water partition coefficient (Wildman–Crippen LogP) is 6.86. The van der Waals surface area contributed by atoms with Crippen molar-refractivity contribution in [2.45, 2.75) is 91.1 Å². The highest BCUT2D eigenvalue weighted by molar-refractivity contribution is 5.96. The van der Waals surface area contributed by atoms with E-state index >= 15 is 0 Å². The van der Waals surface area contributed by atoms with Gasteiger partial charge in [-0.05, 0) is 47.8 Å². The van der Waals surface area contributed by atoms with E-state index in [1.165, 1.54) is 23.8 Å². The molecule has 0 spiro atoms. The van der Waals surface area contributed by atoms with Crippen LogP contribution in [0.3, 0.4) is 0 Å². The van der Waals surface area contributed by atoms with Gasteiger partial charge in [0.2, 0.25) is 5.91 Å². The number of ether oxygens (including phenoxy) is 1. The average Bonchev–Trinajstić information content (AvgIpc) is 2.82. The Morgan fingerprint density at radius 1 is 0.944 bits per heavy atom. The number of phenolic OH excluding ortho intramolecular Hbond substituents is 1. The number of carbonyl (C=O) groups excluding carboxylic acids is 2. The molecular formula is C29H41FN2O4. The average molecular weight is 501 g/mol. The summed E-state index contributed by atoms with van der Waals surface area (Å²) in [5, 5.41) is 15.3. The van der Waals surface area contributed by atoms with E-state index in [-0.39, 0.29) is 34.6 Å². The molecule has 2 aromatic carbocycles. The molecule has 198 valence electrons. The largest absolute Gasteiger partial charge is 0.508 e. The van der Waals surface area contributed by atoms with Gasteiger partial charge in [-0.3, -0.25) is 14.0 Å². The molecule has 0 fully saturated rings. The lowest BCUT2D eigenvalue weighted by atomic mass is 9.76. The molecule has 2 rings (SSSR count). The first kappa shape index (κ1) is 29.1. The fourth-order valence-corrected chi connectivity index (χ4v) is 3.74. The van der Waals surface area contributed by atoms with Crippen molar-refractivity contribution < 1.29 is 23.8 Å². The second-order valence-electron chi connectivity index (χ2n) is 10.4. The van der Waals surface area contributed by atoms with Gasteiger partial charge in [-0.1, -0.05) is 60.6 Å². The first-order valence-corrected chi connectivity index (χ1v) is 12.7.